The van der Waals surface area contributed by atoms with Gasteiger partial charge in [-0.2, -0.15) is 0 Å². The first-order valence-corrected chi connectivity index (χ1v) is 8.22. The van der Waals surface area contributed by atoms with Gasteiger partial charge in [0.2, 0.25) is 5.91 Å². The van der Waals surface area contributed by atoms with Gasteiger partial charge >= 0.3 is 0 Å². The lowest BCUT2D eigenvalue weighted by Gasteiger charge is -2.12. The number of methoxy groups -OCH3 is 1. The molecule has 4 nitrogen and oxygen atoms in total. The Morgan fingerprint density at radius 3 is 2.57 bits per heavy atom. The number of hydrogen-bond acceptors (Lipinski definition) is 4. The van der Waals surface area contributed by atoms with E-state index in [1.807, 2.05) is 24.3 Å². The Kier molecular flexibility index (Phi) is 6.21. The molecule has 0 saturated heterocycles. The van der Waals surface area contributed by atoms with Gasteiger partial charge in [0.25, 0.3) is 0 Å². The Hall–Kier alpha value is -1.82. The van der Waals surface area contributed by atoms with E-state index in [1.165, 1.54) is 23.1 Å². The van der Waals surface area contributed by atoms with Crippen LogP contribution in [-0.4, -0.2) is 25.7 Å². The Balaban J connectivity index is 2.02. The first-order chi connectivity index (χ1) is 11.0. The maximum atomic E-state index is 11.8. The fourth-order valence-corrected chi connectivity index (χ4v) is 3.04. The molecule has 0 heterocycles. The number of benzene rings is 2. The predicted octanol–water partition coefficient (Wildman–Crippen LogP) is 3.37. The van der Waals surface area contributed by atoms with Gasteiger partial charge in [-0.15, -0.1) is 0 Å². The van der Waals surface area contributed by atoms with Crippen molar-refractivity contribution in [1.82, 2.24) is 0 Å². The molecule has 1 amide bonds. The van der Waals surface area contributed by atoms with Gasteiger partial charge in [0.05, 0.1) is 6.61 Å². The van der Waals surface area contributed by atoms with Crippen molar-refractivity contribution in [3.63, 3.8) is 0 Å². The van der Waals surface area contributed by atoms with Gasteiger partial charge < -0.3 is 15.8 Å². The third-order valence-corrected chi connectivity index (χ3v) is 4.54. The summed E-state index contributed by atoms with van der Waals surface area (Å²) in [7, 11) is 1.52. The zero-order valence-electron chi connectivity index (χ0n) is 13.6. The van der Waals surface area contributed by atoms with Crippen LogP contribution >= 0.6 is 11.8 Å². The molecule has 23 heavy (non-hydrogen) atoms. The molecular weight excluding hydrogens is 308 g/mol. The molecule has 0 fully saturated rings. The standard InChI is InChI=1S/C18H22N2O2S/c1-12-4-5-13(2)17(10-12)23-15-8-6-14(7-9-15)20-18(21)16(19)11-22-3/h4-10,16H,11,19H2,1-3H3,(H,20,21). The Bertz CT molecular complexity index is 671. The molecule has 1 atom stereocenters. The molecule has 2 aromatic rings. The fourth-order valence-electron chi connectivity index (χ4n) is 2.04. The van der Waals surface area contributed by atoms with Crippen molar-refractivity contribution in [2.24, 2.45) is 5.73 Å². The molecule has 5 heteroatoms. The Labute approximate surface area is 141 Å². The van der Waals surface area contributed by atoms with Crippen LogP contribution in [0.5, 0.6) is 0 Å². The Morgan fingerprint density at radius 1 is 1.22 bits per heavy atom. The van der Waals surface area contributed by atoms with E-state index in [0.29, 0.717) is 0 Å². The molecule has 0 saturated carbocycles. The SMILES string of the molecule is COCC(N)C(=O)Nc1ccc(Sc2cc(C)ccc2C)cc1. The molecule has 0 bridgehead atoms. The highest BCUT2D eigenvalue weighted by atomic mass is 32.2. The average molecular weight is 330 g/mol. The summed E-state index contributed by atoms with van der Waals surface area (Å²) >= 11 is 1.71. The number of carbonyl (C=O) groups is 1. The summed E-state index contributed by atoms with van der Waals surface area (Å²) in [4.78, 5) is 14.2. The lowest BCUT2D eigenvalue weighted by Crippen LogP contribution is -2.39. The minimum atomic E-state index is -0.663. The number of nitrogens with two attached hydrogens (primary N) is 1. The number of ether oxygens (including phenoxy) is 1. The molecule has 2 rings (SSSR count). The quantitative estimate of drug-likeness (QED) is 0.852. The number of hydrogen-bond donors (Lipinski definition) is 2. The van der Waals surface area contributed by atoms with Crippen molar-refractivity contribution >= 4 is 23.4 Å². The van der Waals surface area contributed by atoms with Crippen LogP contribution in [0.25, 0.3) is 0 Å². The van der Waals surface area contributed by atoms with Crippen molar-refractivity contribution in [2.45, 2.75) is 29.7 Å². The molecule has 0 aliphatic carbocycles. The molecule has 1 unspecified atom stereocenters. The highest BCUT2D eigenvalue weighted by molar-refractivity contribution is 7.99. The Morgan fingerprint density at radius 2 is 1.91 bits per heavy atom. The normalized spacial score (nSPS) is 12.0. The van der Waals surface area contributed by atoms with Crippen LogP contribution in [-0.2, 0) is 9.53 Å². The van der Waals surface area contributed by atoms with E-state index in [-0.39, 0.29) is 12.5 Å². The van der Waals surface area contributed by atoms with Crippen molar-refractivity contribution in [1.29, 1.82) is 0 Å². The summed E-state index contributed by atoms with van der Waals surface area (Å²) in [6.45, 7) is 4.39. The van der Waals surface area contributed by atoms with Gasteiger partial charge in [-0.3, -0.25) is 4.79 Å². The van der Waals surface area contributed by atoms with Gasteiger partial charge in [-0.1, -0.05) is 23.9 Å². The van der Waals surface area contributed by atoms with E-state index in [1.54, 1.807) is 11.8 Å². The number of nitrogens with one attached hydrogen (secondary N) is 1. The molecule has 0 spiro atoms. The second-order valence-corrected chi connectivity index (χ2v) is 6.56. The lowest BCUT2D eigenvalue weighted by atomic mass is 10.2. The van der Waals surface area contributed by atoms with Gasteiger partial charge in [0.15, 0.2) is 0 Å². The van der Waals surface area contributed by atoms with Crippen molar-refractivity contribution in [3.05, 3.63) is 53.6 Å². The maximum absolute atomic E-state index is 11.8. The number of amides is 1. The van der Waals surface area contributed by atoms with Gasteiger partial charge in [0.1, 0.15) is 6.04 Å². The minimum Gasteiger partial charge on any atom is -0.383 e. The van der Waals surface area contributed by atoms with Crippen molar-refractivity contribution in [2.75, 3.05) is 19.0 Å². The van der Waals surface area contributed by atoms with E-state index in [2.05, 4.69) is 37.4 Å². The number of anilines is 1. The summed E-state index contributed by atoms with van der Waals surface area (Å²) in [6.07, 6.45) is 0. The maximum Gasteiger partial charge on any atom is 0.243 e. The van der Waals surface area contributed by atoms with Crippen LogP contribution in [0.1, 0.15) is 11.1 Å². The molecule has 0 aromatic heterocycles. The number of aryl methyl sites for hydroxylation is 2. The van der Waals surface area contributed by atoms with E-state index in [9.17, 15) is 4.79 Å². The van der Waals surface area contributed by atoms with Crippen LogP contribution in [0.3, 0.4) is 0 Å². The van der Waals surface area contributed by atoms with Crippen LogP contribution in [0, 0.1) is 13.8 Å². The first-order valence-electron chi connectivity index (χ1n) is 7.40. The van der Waals surface area contributed by atoms with Crippen molar-refractivity contribution < 1.29 is 9.53 Å². The van der Waals surface area contributed by atoms with E-state index >= 15 is 0 Å². The molecule has 2 aromatic carbocycles. The topological polar surface area (TPSA) is 64.3 Å². The van der Waals surface area contributed by atoms with Crippen LogP contribution in [0.15, 0.2) is 52.3 Å². The van der Waals surface area contributed by atoms with E-state index in [4.69, 9.17) is 10.5 Å². The first kappa shape index (κ1) is 17.5. The monoisotopic (exact) mass is 330 g/mol. The number of rotatable bonds is 6. The summed E-state index contributed by atoms with van der Waals surface area (Å²) in [5.74, 6) is -0.248. The van der Waals surface area contributed by atoms with Gasteiger partial charge in [0, 0.05) is 22.6 Å². The van der Waals surface area contributed by atoms with E-state index in [0.717, 1.165) is 10.6 Å². The average Bonchev–Trinajstić information content (AvgIpc) is 2.53. The minimum absolute atomic E-state index is 0.201. The van der Waals surface area contributed by atoms with E-state index < -0.39 is 6.04 Å². The third-order valence-electron chi connectivity index (χ3n) is 3.38. The molecule has 0 aliphatic rings. The molecular formula is C18H22N2O2S. The smallest absolute Gasteiger partial charge is 0.243 e. The largest absolute Gasteiger partial charge is 0.383 e. The van der Waals surface area contributed by atoms with Gasteiger partial charge in [-0.25, -0.2) is 0 Å². The molecule has 122 valence electrons. The predicted molar refractivity (Wildman–Crippen MR) is 95.0 cm³/mol. The third kappa shape index (κ3) is 5.10. The second-order valence-electron chi connectivity index (χ2n) is 5.45. The second kappa shape index (κ2) is 8.15. The highest BCUT2D eigenvalue weighted by Gasteiger charge is 2.13. The lowest BCUT2D eigenvalue weighted by molar-refractivity contribution is -0.118. The molecule has 0 radical (unpaired) electrons. The molecule has 0 aliphatic heterocycles. The fraction of sp³-hybridized carbons (Fsp3) is 0.278. The highest BCUT2D eigenvalue weighted by Crippen LogP contribution is 2.31. The van der Waals surface area contributed by atoms with Gasteiger partial charge in [-0.05, 0) is 55.3 Å². The number of carbonyl (C=O) groups excluding carboxylic acids is 1. The zero-order chi connectivity index (χ0) is 16.8. The summed E-state index contributed by atoms with van der Waals surface area (Å²) in [5.41, 5.74) is 8.92. The van der Waals surface area contributed by atoms with Crippen molar-refractivity contribution in [3.8, 4) is 0 Å². The summed E-state index contributed by atoms with van der Waals surface area (Å²) in [5, 5.41) is 2.78. The summed E-state index contributed by atoms with van der Waals surface area (Å²) in [6, 6.07) is 13.5. The van der Waals surface area contributed by atoms with Crippen LogP contribution in [0.4, 0.5) is 5.69 Å². The molecule has 3 N–H and O–H groups in total. The summed E-state index contributed by atoms with van der Waals surface area (Å²) < 4.78 is 4.88. The van der Waals surface area contributed by atoms with Crippen LogP contribution in [0.2, 0.25) is 0 Å². The zero-order valence-corrected chi connectivity index (χ0v) is 14.4. The van der Waals surface area contributed by atoms with Crippen LogP contribution < -0.4 is 11.1 Å².